The molecule has 1 rings (SSSR count). The summed E-state index contributed by atoms with van der Waals surface area (Å²) in [5.41, 5.74) is 0. The molecular weight excluding hydrogens is 202 g/mol. The van der Waals surface area contributed by atoms with Gasteiger partial charge in [0.2, 0.25) is 5.89 Å². The molecule has 0 atom stereocenters. The number of halogens is 1. The molecule has 0 spiro atoms. The Kier molecular flexibility index (Phi) is 2.74. The topological polar surface area (TPSA) is 60.2 Å². The van der Waals surface area contributed by atoms with Crippen LogP contribution in [0.5, 0.6) is 0 Å². The van der Waals surface area contributed by atoms with Crippen molar-refractivity contribution >= 4 is 21.4 Å². The molecule has 0 saturated carbocycles. The molecule has 0 bridgehead atoms. The molecule has 6 heteroatoms. The first-order valence-corrected chi connectivity index (χ1v) is 5.78. The van der Waals surface area contributed by atoms with Gasteiger partial charge in [-0.2, -0.15) is 0 Å². The fourth-order valence-corrected chi connectivity index (χ4v) is 1.51. The Labute approximate surface area is 75.5 Å². The van der Waals surface area contributed by atoms with Gasteiger partial charge in [-0.1, -0.05) is 0 Å². The lowest BCUT2D eigenvalue weighted by molar-refractivity contribution is 0.482. The van der Waals surface area contributed by atoms with Gasteiger partial charge < -0.3 is 4.42 Å². The SMILES string of the molecule is CS(=O)(=O)Cc1cnc(CCl)o1. The van der Waals surface area contributed by atoms with E-state index in [4.69, 9.17) is 16.0 Å². The van der Waals surface area contributed by atoms with Gasteiger partial charge >= 0.3 is 0 Å². The average molecular weight is 210 g/mol. The Morgan fingerprint density at radius 3 is 2.75 bits per heavy atom. The highest BCUT2D eigenvalue weighted by Crippen LogP contribution is 2.08. The Balaban J connectivity index is 2.78. The van der Waals surface area contributed by atoms with E-state index in [0.29, 0.717) is 11.7 Å². The van der Waals surface area contributed by atoms with Crippen LogP contribution in [0.2, 0.25) is 0 Å². The van der Waals surface area contributed by atoms with Crippen LogP contribution < -0.4 is 0 Å². The van der Waals surface area contributed by atoms with Crippen LogP contribution in [0.3, 0.4) is 0 Å². The zero-order valence-corrected chi connectivity index (χ0v) is 8.02. The highest BCUT2D eigenvalue weighted by molar-refractivity contribution is 7.89. The maximum atomic E-state index is 10.8. The molecule has 0 fully saturated rings. The van der Waals surface area contributed by atoms with Gasteiger partial charge in [0.25, 0.3) is 0 Å². The van der Waals surface area contributed by atoms with E-state index < -0.39 is 9.84 Å². The van der Waals surface area contributed by atoms with Crippen molar-refractivity contribution in [1.82, 2.24) is 4.98 Å². The molecule has 0 amide bonds. The van der Waals surface area contributed by atoms with Gasteiger partial charge in [0.15, 0.2) is 9.84 Å². The summed E-state index contributed by atoms with van der Waals surface area (Å²) in [5, 5.41) is 0. The molecule has 68 valence electrons. The normalized spacial score (nSPS) is 11.8. The Morgan fingerprint density at radius 2 is 2.33 bits per heavy atom. The quantitative estimate of drug-likeness (QED) is 0.696. The van der Waals surface area contributed by atoms with Crippen molar-refractivity contribution in [1.29, 1.82) is 0 Å². The first-order valence-electron chi connectivity index (χ1n) is 3.18. The van der Waals surface area contributed by atoms with Crippen molar-refractivity contribution in [2.45, 2.75) is 11.6 Å². The van der Waals surface area contributed by atoms with E-state index >= 15 is 0 Å². The zero-order valence-electron chi connectivity index (χ0n) is 6.45. The highest BCUT2D eigenvalue weighted by atomic mass is 35.5. The fraction of sp³-hybridized carbons (Fsp3) is 0.500. The van der Waals surface area contributed by atoms with Gasteiger partial charge in [-0.3, -0.25) is 0 Å². The molecule has 1 aromatic heterocycles. The number of alkyl halides is 1. The van der Waals surface area contributed by atoms with Crippen molar-refractivity contribution in [2.24, 2.45) is 0 Å². The monoisotopic (exact) mass is 209 g/mol. The molecule has 1 heterocycles. The van der Waals surface area contributed by atoms with Crippen molar-refractivity contribution in [3.05, 3.63) is 17.8 Å². The Hall–Kier alpha value is -0.550. The molecule has 0 aliphatic rings. The lowest BCUT2D eigenvalue weighted by Gasteiger charge is -1.91. The van der Waals surface area contributed by atoms with Gasteiger partial charge in [0, 0.05) is 6.26 Å². The van der Waals surface area contributed by atoms with Crippen molar-refractivity contribution in [2.75, 3.05) is 6.26 Å². The second-order valence-electron chi connectivity index (χ2n) is 2.42. The van der Waals surface area contributed by atoms with E-state index in [-0.39, 0.29) is 11.6 Å². The summed E-state index contributed by atoms with van der Waals surface area (Å²) >= 11 is 5.41. The van der Waals surface area contributed by atoms with E-state index in [1.54, 1.807) is 0 Å². The third-order valence-electron chi connectivity index (χ3n) is 1.12. The van der Waals surface area contributed by atoms with Crippen molar-refractivity contribution < 1.29 is 12.8 Å². The maximum absolute atomic E-state index is 10.8. The largest absolute Gasteiger partial charge is 0.443 e. The van der Waals surface area contributed by atoms with Gasteiger partial charge in [-0.15, -0.1) is 11.6 Å². The molecule has 0 N–H and O–H groups in total. The first kappa shape index (κ1) is 9.54. The minimum atomic E-state index is -3.05. The number of hydrogen-bond acceptors (Lipinski definition) is 4. The van der Waals surface area contributed by atoms with E-state index in [9.17, 15) is 8.42 Å². The van der Waals surface area contributed by atoms with E-state index in [1.807, 2.05) is 0 Å². The zero-order chi connectivity index (χ0) is 9.19. The first-order chi connectivity index (χ1) is 5.51. The minimum absolute atomic E-state index is 0.128. The Bertz CT molecular complexity index is 357. The van der Waals surface area contributed by atoms with Crippen LogP contribution >= 0.6 is 11.6 Å². The standard InChI is InChI=1S/C6H8ClNO3S/c1-12(9,10)4-5-3-8-6(2-7)11-5/h3H,2,4H2,1H3. The molecule has 4 nitrogen and oxygen atoms in total. The third kappa shape index (κ3) is 2.83. The Morgan fingerprint density at radius 1 is 1.67 bits per heavy atom. The smallest absolute Gasteiger partial charge is 0.209 e. The average Bonchev–Trinajstić information content (AvgIpc) is 2.32. The number of rotatable bonds is 3. The maximum Gasteiger partial charge on any atom is 0.209 e. The van der Waals surface area contributed by atoms with E-state index in [1.165, 1.54) is 6.20 Å². The summed E-state index contributed by atoms with van der Waals surface area (Å²) in [6, 6.07) is 0. The molecular formula is C6H8ClNO3S. The van der Waals surface area contributed by atoms with Gasteiger partial charge in [-0.25, -0.2) is 13.4 Å². The number of hydrogen-bond donors (Lipinski definition) is 0. The number of aromatic nitrogens is 1. The molecule has 12 heavy (non-hydrogen) atoms. The number of sulfone groups is 1. The summed E-state index contributed by atoms with van der Waals surface area (Å²) < 4.78 is 26.5. The number of oxazole rings is 1. The van der Waals surface area contributed by atoms with Crippen LogP contribution in [-0.2, 0) is 21.5 Å². The van der Waals surface area contributed by atoms with Crippen LogP contribution in [0.15, 0.2) is 10.6 Å². The lowest BCUT2D eigenvalue weighted by atomic mass is 10.6. The summed E-state index contributed by atoms with van der Waals surface area (Å²) in [6.45, 7) is 0. The highest BCUT2D eigenvalue weighted by Gasteiger charge is 2.09. The van der Waals surface area contributed by atoms with Crippen LogP contribution in [0.25, 0.3) is 0 Å². The number of nitrogens with zero attached hydrogens (tertiary/aromatic N) is 1. The molecule has 0 unspecified atom stereocenters. The fourth-order valence-electron chi connectivity index (χ4n) is 0.735. The molecule has 0 aliphatic heterocycles. The summed E-state index contributed by atoms with van der Waals surface area (Å²) in [7, 11) is -3.05. The van der Waals surface area contributed by atoms with Crippen LogP contribution in [0.1, 0.15) is 11.7 Å². The molecule has 0 radical (unpaired) electrons. The summed E-state index contributed by atoms with van der Waals surface area (Å²) in [5.74, 6) is 0.698. The van der Waals surface area contributed by atoms with E-state index in [0.717, 1.165) is 6.26 Å². The second-order valence-corrected chi connectivity index (χ2v) is 4.83. The summed E-state index contributed by atoms with van der Waals surface area (Å²) in [4.78, 5) is 3.76. The van der Waals surface area contributed by atoms with Gasteiger partial charge in [-0.05, 0) is 0 Å². The van der Waals surface area contributed by atoms with E-state index in [2.05, 4.69) is 4.98 Å². The van der Waals surface area contributed by atoms with Crippen molar-refractivity contribution in [3.63, 3.8) is 0 Å². The molecule has 1 aromatic rings. The van der Waals surface area contributed by atoms with Gasteiger partial charge in [0.1, 0.15) is 11.5 Å². The van der Waals surface area contributed by atoms with Crippen LogP contribution in [0, 0.1) is 0 Å². The minimum Gasteiger partial charge on any atom is -0.443 e. The summed E-state index contributed by atoms with van der Waals surface area (Å²) in [6.07, 6.45) is 2.51. The van der Waals surface area contributed by atoms with Crippen LogP contribution in [0.4, 0.5) is 0 Å². The predicted molar refractivity (Wildman–Crippen MR) is 44.6 cm³/mol. The second kappa shape index (κ2) is 3.45. The third-order valence-corrected chi connectivity index (χ3v) is 2.16. The lowest BCUT2D eigenvalue weighted by Crippen LogP contribution is -1.98. The molecule has 0 aliphatic carbocycles. The van der Waals surface area contributed by atoms with Crippen molar-refractivity contribution in [3.8, 4) is 0 Å². The molecule has 0 aromatic carbocycles. The predicted octanol–water partition coefficient (Wildman–Crippen LogP) is 0.958. The van der Waals surface area contributed by atoms with Gasteiger partial charge in [0.05, 0.1) is 12.1 Å². The van der Waals surface area contributed by atoms with Crippen LogP contribution in [-0.4, -0.2) is 19.7 Å². The molecule has 0 saturated heterocycles.